The Balaban J connectivity index is 2.04. The Hall–Kier alpha value is -2.64. The van der Waals surface area contributed by atoms with Gasteiger partial charge in [0.1, 0.15) is 11.5 Å². The maximum Gasteiger partial charge on any atom is 0.295 e. The first kappa shape index (κ1) is 21.1. The molecular weight excluding hydrogens is 390 g/mol. The third-order valence-corrected chi connectivity index (χ3v) is 5.90. The van der Waals surface area contributed by atoms with Gasteiger partial charge in [-0.2, -0.15) is 0 Å². The summed E-state index contributed by atoms with van der Waals surface area (Å²) in [4.78, 5) is 27.9. The second-order valence-electron chi connectivity index (χ2n) is 6.83. The Morgan fingerprint density at radius 1 is 1.17 bits per heavy atom. The lowest BCUT2D eigenvalue weighted by Gasteiger charge is -2.24. The van der Waals surface area contributed by atoms with E-state index in [1.54, 1.807) is 31.4 Å². The molecule has 1 saturated heterocycles. The number of aryl methyl sites for hydroxylation is 1. The van der Waals surface area contributed by atoms with Crippen molar-refractivity contribution in [3.8, 4) is 5.75 Å². The Kier molecular flexibility index (Phi) is 6.71. The number of thiophene rings is 1. The monoisotopic (exact) mass is 415 g/mol. The fourth-order valence-electron chi connectivity index (χ4n) is 3.32. The van der Waals surface area contributed by atoms with E-state index in [4.69, 9.17) is 9.47 Å². The molecule has 1 unspecified atom stereocenters. The van der Waals surface area contributed by atoms with E-state index in [1.165, 1.54) is 16.2 Å². The molecule has 7 heteroatoms. The van der Waals surface area contributed by atoms with E-state index in [2.05, 4.69) is 0 Å². The summed E-state index contributed by atoms with van der Waals surface area (Å²) in [5, 5.41) is 12.9. The van der Waals surface area contributed by atoms with E-state index in [-0.39, 0.29) is 17.9 Å². The van der Waals surface area contributed by atoms with Crippen LogP contribution < -0.4 is 4.74 Å². The molecule has 6 nitrogen and oxygen atoms in total. The fraction of sp³-hybridized carbons (Fsp3) is 0.364. The van der Waals surface area contributed by atoms with Crippen molar-refractivity contribution in [2.75, 3.05) is 26.9 Å². The second-order valence-corrected chi connectivity index (χ2v) is 7.77. The van der Waals surface area contributed by atoms with E-state index in [9.17, 15) is 14.7 Å². The molecule has 1 atom stereocenters. The second kappa shape index (κ2) is 9.24. The van der Waals surface area contributed by atoms with Crippen molar-refractivity contribution < 1.29 is 24.2 Å². The minimum atomic E-state index is -0.678. The lowest BCUT2D eigenvalue weighted by Crippen LogP contribution is -2.32. The molecule has 1 aromatic heterocycles. The van der Waals surface area contributed by atoms with E-state index in [0.29, 0.717) is 24.5 Å². The third-order valence-electron chi connectivity index (χ3n) is 4.83. The molecule has 29 heavy (non-hydrogen) atoms. The number of carbonyl (C=O) groups excluding carboxylic acids is 2. The van der Waals surface area contributed by atoms with Crippen LogP contribution in [0.5, 0.6) is 5.75 Å². The van der Waals surface area contributed by atoms with E-state index >= 15 is 0 Å². The number of nitrogens with zero attached hydrogens (tertiary/aromatic N) is 1. The molecule has 1 aliphatic rings. The van der Waals surface area contributed by atoms with Crippen LogP contribution in [0.2, 0.25) is 0 Å². The lowest BCUT2D eigenvalue weighted by molar-refractivity contribution is -0.140. The Bertz CT molecular complexity index is 916. The predicted octanol–water partition coefficient (Wildman–Crippen LogP) is 3.91. The summed E-state index contributed by atoms with van der Waals surface area (Å²) in [7, 11) is 1.55. The van der Waals surface area contributed by atoms with E-state index in [1.807, 2.05) is 25.3 Å². The molecule has 3 rings (SSSR count). The number of rotatable bonds is 8. The Morgan fingerprint density at radius 3 is 2.48 bits per heavy atom. The Labute approximate surface area is 174 Å². The minimum absolute atomic E-state index is 0.110. The number of hydrogen-bond acceptors (Lipinski definition) is 6. The zero-order chi connectivity index (χ0) is 21.0. The minimum Gasteiger partial charge on any atom is -0.507 e. The lowest BCUT2D eigenvalue weighted by atomic mass is 9.98. The van der Waals surface area contributed by atoms with Gasteiger partial charge in [-0.05, 0) is 54.6 Å². The summed E-state index contributed by atoms with van der Waals surface area (Å²) < 4.78 is 10.7. The van der Waals surface area contributed by atoms with Gasteiger partial charge in [-0.15, -0.1) is 11.3 Å². The molecule has 1 aromatic carbocycles. The number of likely N-dealkylation sites (tertiary alicyclic amines) is 1. The number of methoxy groups -OCH3 is 1. The number of carbonyl (C=O) groups is 2. The number of ether oxygens (including phenoxy) is 2. The first-order valence-corrected chi connectivity index (χ1v) is 10.4. The summed E-state index contributed by atoms with van der Waals surface area (Å²) in [6, 6.07) is 8.20. The molecule has 0 radical (unpaired) electrons. The summed E-state index contributed by atoms with van der Waals surface area (Å²) in [5.41, 5.74) is 1.55. The van der Waals surface area contributed by atoms with Crippen LogP contribution in [0.4, 0.5) is 0 Å². The van der Waals surface area contributed by atoms with Gasteiger partial charge in [0.05, 0.1) is 24.8 Å². The molecule has 0 aliphatic carbocycles. The molecule has 1 N–H and O–H groups in total. The summed E-state index contributed by atoms with van der Waals surface area (Å²) in [6.07, 6.45) is 0.896. The van der Waals surface area contributed by atoms with Gasteiger partial charge in [-0.3, -0.25) is 9.59 Å². The zero-order valence-corrected chi connectivity index (χ0v) is 17.6. The highest BCUT2D eigenvalue weighted by Gasteiger charge is 2.46. The van der Waals surface area contributed by atoms with Crippen molar-refractivity contribution in [2.45, 2.75) is 26.3 Å². The van der Waals surface area contributed by atoms with Crippen LogP contribution in [0, 0.1) is 6.92 Å². The van der Waals surface area contributed by atoms with Crippen molar-refractivity contribution >= 4 is 28.8 Å². The molecule has 1 aliphatic heterocycles. The molecular formula is C22H25NO5S. The van der Waals surface area contributed by atoms with Gasteiger partial charge in [-0.1, -0.05) is 6.92 Å². The maximum absolute atomic E-state index is 12.8. The van der Waals surface area contributed by atoms with Crippen LogP contribution >= 0.6 is 11.3 Å². The van der Waals surface area contributed by atoms with Gasteiger partial charge < -0.3 is 19.5 Å². The smallest absolute Gasteiger partial charge is 0.295 e. The van der Waals surface area contributed by atoms with Gasteiger partial charge in [0.15, 0.2) is 0 Å². The van der Waals surface area contributed by atoms with Crippen molar-refractivity contribution in [1.82, 2.24) is 4.90 Å². The van der Waals surface area contributed by atoms with Gasteiger partial charge in [-0.25, -0.2) is 0 Å². The van der Waals surface area contributed by atoms with Crippen molar-refractivity contribution in [3.63, 3.8) is 0 Å². The highest BCUT2D eigenvalue weighted by atomic mass is 32.1. The largest absolute Gasteiger partial charge is 0.507 e. The molecule has 0 saturated carbocycles. The van der Waals surface area contributed by atoms with Gasteiger partial charge >= 0.3 is 0 Å². The van der Waals surface area contributed by atoms with Gasteiger partial charge in [0, 0.05) is 24.1 Å². The van der Waals surface area contributed by atoms with Crippen LogP contribution in [0.1, 0.15) is 35.4 Å². The van der Waals surface area contributed by atoms with E-state index in [0.717, 1.165) is 16.9 Å². The van der Waals surface area contributed by atoms with Crippen LogP contribution in [0.3, 0.4) is 0 Å². The average Bonchev–Trinajstić information content (AvgIpc) is 3.25. The topological polar surface area (TPSA) is 76.1 Å². The summed E-state index contributed by atoms with van der Waals surface area (Å²) in [6.45, 7) is 5.13. The molecule has 154 valence electrons. The SMILES string of the molecule is CCCOc1ccc(/C(O)=C2/C(=O)C(=O)N(CCOC)C2c2sccc2C)cc1. The summed E-state index contributed by atoms with van der Waals surface area (Å²) in [5.74, 6) is -0.787. The molecule has 1 amide bonds. The third kappa shape index (κ3) is 4.21. The first-order valence-electron chi connectivity index (χ1n) is 9.54. The molecule has 2 heterocycles. The fourth-order valence-corrected chi connectivity index (χ4v) is 4.37. The van der Waals surface area contributed by atoms with Crippen LogP contribution in [-0.4, -0.2) is 48.6 Å². The molecule has 0 bridgehead atoms. The predicted molar refractivity (Wildman–Crippen MR) is 112 cm³/mol. The highest BCUT2D eigenvalue weighted by Crippen LogP contribution is 2.42. The van der Waals surface area contributed by atoms with Crippen molar-refractivity contribution in [3.05, 3.63) is 57.3 Å². The number of hydrogen-bond donors (Lipinski definition) is 1. The van der Waals surface area contributed by atoms with Crippen LogP contribution in [0.25, 0.3) is 5.76 Å². The highest BCUT2D eigenvalue weighted by molar-refractivity contribution is 7.10. The van der Waals surface area contributed by atoms with Gasteiger partial charge in [0.25, 0.3) is 11.7 Å². The normalized spacial score (nSPS) is 18.4. The van der Waals surface area contributed by atoms with Crippen LogP contribution in [0.15, 0.2) is 41.3 Å². The van der Waals surface area contributed by atoms with E-state index < -0.39 is 17.7 Å². The standard InChI is InChI=1S/C22H25NO5S/c1-4-11-28-16-7-5-15(6-8-16)19(24)17-18(21-14(2)9-13-29-21)23(10-12-27-3)22(26)20(17)25/h5-9,13,18,24H,4,10-12H2,1-3H3/b19-17-. The van der Waals surface area contributed by atoms with Crippen molar-refractivity contribution in [1.29, 1.82) is 0 Å². The number of amides is 1. The number of aliphatic hydroxyl groups excluding tert-OH is 1. The number of Topliss-reactive ketones (excluding diaryl/α,β-unsaturated/α-hetero) is 1. The number of benzene rings is 1. The first-order chi connectivity index (χ1) is 14.0. The summed E-state index contributed by atoms with van der Waals surface area (Å²) >= 11 is 1.46. The maximum atomic E-state index is 12.8. The Morgan fingerprint density at radius 2 is 1.90 bits per heavy atom. The molecule has 2 aromatic rings. The number of aliphatic hydroxyl groups is 1. The average molecular weight is 416 g/mol. The van der Waals surface area contributed by atoms with Crippen molar-refractivity contribution in [2.24, 2.45) is 0 Å². The quantitative estimate of drug-likeness (QED) is 0.402. The van der Waals surface area contributed by atoms with Gasteiger partial charge in [0.2, 0.25) is 0 Å². The van der Waals surface area contributed by atoms with Crippen LogP contribution in [-0.2, 0) is 14.3 Å². The zero-order valence-electron chi connectivity index (χ0n) is 16.8. The molecule has 1 fully saturated rings. The molecule has 0 spiro atoms. The number of ketones is 1.